The van der Waals surface area contributed by atoms with Crippen LogP contribution in [0, 0.1) is 11.8 Å². The molecule has 2 unspecified atom stereocenters. The average Bonchev–Trinajstić information content (AvgIpc) is 3.24. The zero-order valence-electron chi connectivity index (χ0n) is 12.5. The first-order valence-electron chi connectivity index (χ1n) is 7.90. The van der Waals surface area contributed by atoms with E-state index in [1.54, 1.807) is 0 Å². The zero-order valence-corrected chi connectivity index (χ0v) is 14.1. The summed E-state index contributed by atoms with van der Waals surface area (Å²) in [5.74, 6) is 1.64. The molecule has 1 aliphatic heterocycles. The molecule has 3 rings (SSSR count). The van der Waals surface area contributed by atoms with E-state index in [9.17, 15) is 0 Å². The second-order valence-electron chi connectivity index (χ2n) is 6.63. The molecule has 1 aliphatic carbocycles. The largest absolute Gasteiger partial charge is 0.370 e. The van der Waals surface area contributed by atoms with E-state index in [1.807, 2.05) is 0 Å². The fourth-order valence-corrected chi connectivity index (χ4v) is 3.63. The van der Waals surface area contributed by atoms with Gasteiger partial charge in [0.15, 0.2) is 0 Å². The number of anilines is 1. The third kappa shape index (κ3) is 3.37. The predicted molar refractivity (Wildman–Crippen MR) is 89.2 cm³/mol. The van der Waals surface area contributed by atoms with Crippen molar-refractivity contribution >= 4 is 21.6 Å². The van der Waals surface area contributed by atoms with Gasteiger partial charge in [-0.25, -0.2) is 0 Å². The highest BCUT2D eigenvalue weighted by Crippen LogP contribution is 2.32. The quantitative estimate of drug-likeness (QED) is 0.887. The second-order valence-corrected chi connectivity index (χ2v) is 7.48. The lowest BCUT2D eigenvalue weighted by Crippen LogP contribution is -2.38. The van der Waals surface area contributed by atoms with Gasteiger partial charge in [-0.3, -0.25) is 0 Å². The molecule has 1 aromatic carbocycles. The highest BCUT2D eigenvalue weighted by molar-refractivity contribution is 9.10. The smallest absolute Gasteiger partial charge is 0.0510 e. The van der Waals surface area contributed by atoms with Crippen molar-refractivity contribution in [2.75, 3.05) is 18.0 Å². The average molecular weight is 337 g/mol. The van der Waals surface area contributed by atoms with Crippen molar-refractivity contribution in [1.29, 1.82) is 0 Å². The summed E-state index contributed by atoms with van der Waals surface area (Å²) in [5.41, 5.74) is 2.74. The number of nitrogens with zero attached hydrogens (tertiary/aromatic N) is 1. The summed E-state index contributed by atoms with van der Waals surface area (Å²) in [6.07, 6.45) is 4.00. The van der Waals surface area contributed by atoms with Gasteiger partial charge in [0.2, 0.25) is 0 Å². The third-order valence-corrected chi connectivity index (χ3v) is 5.49. The van der Waals surface area contributed by atoms with E-state index in [4.69, 9.17) is 0 Å². The highest BCUT2D eigenvalue weighted by Gasteiger charge is 2.24. The number of hydrogen-bond acceptors (Lipinski definition) is 2. The second kappa shape index (κ2) is 6.07. The minimum absolute atomic E-state index is 0.776. The van der Waals surface area contributed by atoms with Crippen LogP contribution in [0.5, 0.6) is 0 Å². The van der Waals surface area contributed by atoms with Gasteiger partial charge in [-0.15, -0.1) is 0 Å². The first kappa shape index (κ1) is 14.4. The van der Waals surface area contributed by atoms with Gasteiger partial charge in [0.1, 0.15) is 0 Å². The van der Waals surface area contributed by atoms with Crippen molar-refractivity contribution in [3.8, 4) is 0 Å². The summed E-state index contributed by atoms with van der Waals surface area (Å²) in [6, 6.07) is 7.63. The van der Waals surface area contributed by atoms with E-state index in [-0.39, 0.29) is 0 Å². The molecule has 2 fully saturated rings. The monoisotopic (exact) mass is 336 g/mol. The Morgan fingerprint density at radius 3 is 2.65 bits per heavy atom. The zero-order chi connectivity index (χ0) is 14.1. The van der Waals surface area contributed by atoms with Crippen LogP contribution < -0.4 is 10.2 Å². The lowest BCUT2D eigenvalue weighted by Gasteiger charge is -2.37. The standard InChI is InChI=1S/C17H25BrN2/c1-12-7-8-20(11-13(12)2)17-6-3-14(9-16(17)18)10-19-15-4-5-15/h3,6,9,12-13,15,19H,4-5,7-8,10-11H2,1-2H3. The summed E-state index contributed by atoms with van der Waals surface area (Å²) >= 11 is 3.77. The van der Waals surface area contributed by atoms with Gasteiger partial charge in [-0.1, -0.05) is 19.9 Å². The first-order chi connectivity index (χ1) is 9.63. The lowest BCUT2D eigenvalue weighted by molar-refractivity contribution is 0.324. The molecule has 0 amide bonds. The van der Waals surface area contributed by atoms with Crippen molar-refractivity contribution in [3.63, 3.8) is 0 Å². The molecule has 3 heteroatoms. The number of rotatable bonds is 4. The molecule has 0 radical (unpaired) electrons. The van der Waals surface area contributed by atoms with Crippen LogP contribution in [0.3, 0.4) is 0 Å². The number of nitrogens with one attached hydrogen (secondary N) is 1. The Labute approximate surface area is 131 Å². The van der Waals surface area contributed by atoms with E-state index in [2.05, 4.69) is 58.2 Å². The Balaban J connectivity index is 1.66. The first-order valence-corrected chi connectivity index (χ1v) is 8.69. The Kier molecular flexibility index (Phi) is 4.37. The van der Waals surface area contributed by atoms with Crippen molar-refractivity contribution in [2.24, 2.45) is 11.8 Å². The van der Waals surface area contributed by atoms with Crippen LogP contribution in [-0.2, 0) is 6.54 Å². The fraction of sp³-hybridized carbons (Fsp3) is 0.647. The normalized spacial score (nSPS) is 26.9. The molecule has 2 atom stereocenters. The van der Waals surface area contributed by atoms with Crippen LogP contribution >= 0.6 is 15.9 Å². The van der Waals surface area contributed by atoms with Gasteiger partial charge in [-0.2, -0.15) is 0 Å². The van der Waals surface area contributed by atoms with Gasteiger partial charge < -0.3 is 10.2 Å². The number of piperidine rings is 1. The lowest BCUT2D eigenvalue weighted by atomic mass is 9.88. The van der Waals surface area contributed by atoms with E-state index < -0.39 is 0 Å². The van der Waals surface area contributed by atoms with E-state index >= 15 is 0 Å². The Bertz CT molecular complexity index is 470. The van der Waals surface area contributed by atoms with Crippen LogP contribution in [0.25, 0.3) is 0 Å². The van der Waals surface area contributed by atoms with E-state index in [0.29, 0.717) is 0 Å². The molecule has 1 N–H and O–H groups in total. The maximum atomic E-state index is 3.77. The molecular formula is C17H25BrN2. The summed E-state index contributed by atoms with van der Waals surface area (Å²) in [7, 11) is 0. The number of hydrogen-bond donors (Lipinski definition) is 1. The van der Waals surface area contributed by atoms with Crippen molar-refractivity contribution < 1.29 is 0 Å². The van der Waals surface area contributed by atoms with Crippen molar-refractivity contribution in [1.82, 2.24) is 5.32 Å². The van der Waals surface area contributed by atoms with Gasteiger partial charge in [0.05, 0.1) is 5.69 Å². The van der Waals surface area contributed by atoms with Crippen molar-refractivity contribution in [2.45, 2.75) is 45.7 Å². The molecule has 1 saturated heterocycles. The maximum Gasteiger partial charge on any atom is 0.0510 e. The Hall–Kier alpha value is -0.540. The molecule has 0 aromatic heterocycles. The molecule has 20 heavy (non-hydrogen) atoms. The van der Waals surface area contributed by atoms with Gasteiger partial charge in [-0.05, 0) is 64.7 Å². The molecule has 1 saturated carbocycles. The molecule has 1 heterocycles. The van der Waals surface area contributed by atoms with Gasteiger partial charge >= 0.3 is 0 Å². The highest BCUT2D eigenvalue weighted by atomic mass is 79.9. The molecule has 1 aromatic rings. The van der Waals surface area contributed by atoms with E-state index in [0.717, 1.165) is 24.4 Å². The third-order valence-electron chi connectivity index (χ3n) is 4.86. The minimum Gasteiger partial charge on any atom is -0.370 e. The molecule has 0 bridgehead atoms. The molecule has 2 aliphatic rings. The topological polar surface area (TPSA) is 15.3 Å². The Morgan fingerprint density at radius 1 is 1.20 bits per heavy atom. The summed E-state index contributed by atoms with van der Waals surface area (Å²) in [4.78, 5) is 2.53. The minimum atomic E-state index is 0.776. The molecule has 0 spiro atoms. The maximum absolute atomic E-state index is 3.77. The SMILES string of the molecule is CC1CCN(c2ccc(CNC3CC3)cc2Br)CC1C. The van der Waals surface area contributed by atoms with Crippen LogP contribution in [0.1, 0.15) is 38.7 Å². The summed E-state index contributed by atoms with van der Waals surface area (Å²) < 4.78 is 1.24. The summed E-state index contributed by atoms with van der Waals surface area (Å²) in [5, 5.41) is 3.58. The molecule has 110 valence electrons. The summed E-state index contributed by atoms with van der Waals surface area (Å²) in [6.45, 7) is 8.11. The van der Waals surface area contributed by atoms with Crippen LogP contribution in [0.15, 0.2) is 22.7 Å². The van der Waals surface area contributed by atoms with Crippen LogP contribution in [0.4, 0.5) is 5.69 Å². The van der Waals surface area contributed by atoms with Crippen LogP contribution in [-0.4, -0.2) is 19.1 Å². The molecular weight excluding hydrogens is 312 g/mol. The molecule has 2 nitrogen and oxygen atoms in total. The van der Waals surface area contributed by atoms with Gasteiger partial charge in [0.25, 0.3) is 0 Å². The fourth-order valence-electron chi connectivity index (χ4n) is 2.95. The van der Waals surface area contributed by atoms with Gasteiger partial charge in [0, 0.05) is 30.1 Å². The van der Waals surface area contributed by atoms with E-state index in [1.165, 1.54) is 48.1 Å². The van der Waals surface area contributed by atoms with Crippen LogP contribution in [0.2, 0.25) is 0 Å². The van der Waals surface area contributed by atoms with Crippen molar-refractivity contribution in [3.05, 3.63) is 28.2 Å². The Morgan fingerprint density at radius 2 is 2.00 bits per heavy atom. The predicted octanol–water partition coefficient (Wildman–Crippen LogP) is 4.18. The number of halogens is 1. The number of benzene rings is 1.